The summed E-state index contributed by atoms with van der Waals surface area (Å²) >= 11 is 0. The van der Waals surface area contributed by atoms with Crippen molar-refractivity contribution in [3.05, 3.63) is 35.4 Å². The lowest BCUT2D eigenvalue weighted by Crippen LogP contribution is -2.50. The van der Waals surface area contributed by atoms with Gasteiger partial charge in [-0.15, -0.1) is 0 Å². The standard InChI is InChI=1S/C20H25N3O/c21-12-17-4-1-2-5-18(17)14-22-11-9-20(15-22)8-3-10-23(19(20)24)13-16-6-7-16/h1-2,4-5,16H,3,6-11,13-15H2/t20-/m0/s1. The van der Waals surface area contributed by atoms with Crippen LogP contribution in [0, 0.1) is 22.7 Å². The minimum atomic E-state index is -0.158. The van der Waals surface area contributed by atoms with Gasteiger partial charge in [0.15, 0.2) is 0 Å². The van der Waals surface area contributed by atoms with Crippen molar-refractivity contribution in [2.75, 3.05) is 26.2 Å². The molecule has 4 nitrogen and oxygen atoms in total. The summed E-state index contributed by atoms with van der Waals surface area (Å²) in [5.74, 6) is 1.17. The summed E-state index contributed by atoms with van der Waals surface area (Å²) in [6.45, 7) is 4.53. The van der Waals surface area contributed by atoms with Gasteiger partial charge in [0.25, 0.3) is 0 Å². The Labute approximate surface area is 144 Å². The summed E-state index contributed by atoms with van der Waals surface area (Å²) in [4.78, 5) is 17.6. The first-order chi connectivity index (χ1) is 11.7. The van der Waals surface area contributed by atoms with E-state index in [-0.39, 0.29) is 5.41 Å². The van der Waals surface area contributed by atoms with Crippen LogP contribution in [0.15, 0.2) is 24.3 Å². The molecular formula is C20H25N3O. The lowest BCUT2D eigenvalue weighted by molar-refractivity contribution is -0.145. The van der Waals surface area contributed by atoms with Crippen LogP contribution in [0.2, 0.25) is 0 Å². The van der Waals surface area contributed by atoms with Gasteiger partial charge in [-0.05, 0) is 56.2 Å². The van der Waals surface area contributed by atoms with Crippen LogP contribution in [-0.2, 0) is 11.3 Å². The Balaban J connectivity index is 1.45. The number of piperidine rings is 1. The van der Waals surface area contributed by atoms with Crippen LogP contribution in [0.1, 0.15) is 43.2 Å². The van der Waals surface area contributed by atoms with E-state index in [0.29, 0.717) is 5.91 Å². The van der Waals surface area contributed by atoms with Gasteiger partial charge in [-0.3, -0.25) is 9.69 Å². The first-order valence-electron chi connectivity index (χ1n) is 9.20. The summed E-state index contributed by atoms with van der Waals surface area (Å²) in [5.41, 5.74) is 1.67. The highest BCUT2D eigenvalue weighted by molar-refractivity contribution is 5.84. The van der Waals surface area contributed by atoms with Gasteiger partial charge in [-0.1, -0.05) is 18.2 Å². The molecule has 1 atom stereocenters. The van der Waals surface area contributed by atoms with Crippen LogP contribution in [0.5, 0.6) is 0 Å². The summed E-state index contributed by atoms with van der Waals surface area (Å²) in [6.07, 6.45) is 5.74. The first-order valence-corrected chi connectivity index (χ1v) is 9.20. The van der Waals surface area contributed by atoms with E-state index in [0.717, 1.165) is 69.0 Å². The van der Waals surface area contributed by atoms with E-state index in [1.165, 1.54) is 12.8 Å². The lowest BCUT2D eigenvalue weighted by Gasteiger charge is -2.39. The number of rotatable bonds is 4. The molecule has 0 aromatic heterocycles. The Bertz CT molecular complexity index is 676. The van der Waals surface area contributed by atoms with Gasteiger partial charge in [0.2, 0.25) is 5.91 Å². The number of amides is 1. The van der Waals surface area contributed by atoms with E-state index in [9.17, 15) is 10.1 Å². The van der Waals surface area contributed by atoms with Crippen molar-refractivity contribution in [1.29, 1.82) is 5.26 Å². The minimum Gasteiger partial charge on any atom is -0.342 e. The zero-order valence-corrected chi connectivity index (χ0v) is 14.2. The molecule has 2 heterocycles. The van der Waals surface area contributed by atoms with E-state index >= 15 is 0 Å². The maximum absolute atomic E-state index is 13.1. The highest BCUT2D eigenvalue weighted by atomic mass is 16.2. The van der Waals surface area contributed by atoms with Crippen molar-refractivity contribution < 1.29 is 4.79 Å². The van der Waals surface area contributed by atoms with Crippen molar-refractivity contribution in [2.45, 2.75) is 38.6 Å². The number of likely N-dealkylation sites (tertiary alicyclic amines) is 2. The molecule has 3 aliphatic rings. The van der Waals surface area contributed by atoms with Gasteiger partial charge in [-0.2, -0.15) is 5.26 Å². The minimum absolute atomic E-state index is 0.158. The third kappa shape index (κ3) is 2.93. The second-order valence-electron chi connectivity index (χ2n) is 7.81. The van der Waals surface area contributed by atoms with Crippen molar-refractivity contribution in [3.63, 3.8) is 0 Å². The summed E-state index contributed by atoms with van der Waals surface area (Å²) in [7, 11) is 0. The summed E-state index contributed by atoms with van der Waals surface area (Å²) < 4.78 is 0. The van der Waals surface area contributed by atoms with Crippen LogP contribution in [0.25, 0.3) is 0 Å². The molecule has 2 saturated heterocycles. The summed E-state index contributed by atoms with van der Waals surface area (Å²) in [5, 5.41) is 9.27. The van der Waals surface area contributed by atoms with Crippen molar-refractivity contribution in [1.82, 2.24) is 9.80 Å². The average Bonchev–Trinajstić information content (AvgIpc) is 3.33. The van der Waals surface area contributed by atoms with E-state index in [1.54, 1.807) is 0 Å². The van der Waals surface area contributed by atoms with Crippen molar-refractivity contribution in [3.8, 4) is 6.07 Å². The third-order valence-corrected chi connectivity index (χ3v) is 5.96. The Morgan fingerprint density at radius 3 is 2.83 bits per heavy atom. The molecule has 4 rings (SSSR count). The molecule has 0 radical (unpaired) electrons. The molecule has 1 amide bonds. The molecule has 1 spiro atoms. The van der Waals surface area contributed by atoms with Crippen molar-refractivity contribution >= 4 is 5.91 Å². The maximum atomic E-state index is 13.1. The zero-order valence-electron chi connectivity index (χ0n) is 14.2. The van der Waals surface area contributed by atoms with Gasteiger partial charge in [0.1, 0.15) is 0 Å². The molecule has 4 heteroatoms. The summed E-state index contributed by atoms with van der Waals surface area (Å²) in [6, 6.07) is 10.1. The predicted molar refractivity (Wildman–Crippen MR) is 92.0 cm³/mol. The molecule has 0 N–H and O–H groups in total. The molecule has 1 saturated carbocycles. The fourth-order valence-corrected chi connectivity index (χ4v) is 4.42. The molecule has 24 heavy (non-hydrogen) atoms. The van der Waals surface area contributed by atoms with E-state index in [1.807, 2.05) is 24.3 Å². The smallest absolute Gasteiger partial charge is 0.230 e. The molecule has 2 aliphatic heterocycles. The largest absolute Gasteiger partial charge is 0.342 e. The lowest BCUT2D eigenvalue weighted by atomic mass is 9.78. The number of hydrogen-bond donors (Lipinski definition) is 0. The number of benzene rings is 1. The van der Waals surface area contributed by atoms with Crippen LogP contribution in [0.3, 0.4) is 0 Å². The number of nitrogens with zero attached hydrogens (tertiary/aromatic N) is 3. The highest BCUT2D eigenvalue weighted by Gasteiger charge is 2.48. The van der Waals surface area contributed by atoms with Gasteiger partial charge in [0.05, 0.1) is 17.0 Å². The van der Waals surface area contributed by atoms with Gasteiger partial charge in [-0.25, -0.2) is 0 Å². The molecule has 1 aromatic rings. The van der Waals surface area contributed by atoms with E-state index < -0.39 is 0 Å². The Kier molecular flexibility index (Phi) is 4.05. The number of hydrogen-bond acceptors (Lipinski definition) is 3. The molecule has 3 fully saturated rings. The average molecular weight is 323 g/mol. The van der Waals surface area contributed by atoms with Crippen LogP contribution < -0.4 is 0 Å². The SMILES string of the molecule is N#Cc1ccccc1CN1CC[C@@]2(CCCN(CC3CC3)C2=O)C1. The quantitative estimate of drug-likeness (QED) is 0.856. The van der Waals surface area contributed by atoms with E-state index in [4.69, 9.17) is 0 Å². The second-order valence-corrected chi connectivity index (χ2v) is 7.81. The fourth-order valence-electron chi connectivity index (χ4n) is 4.42. The van der Waals surface area contributed by atoms with Gasteiger partial charge in [0, 0.05) is 26.2 Å². The first kappa shape index (κ1) is 15.7. The highest BCUT2D eigenvalue weighted by Crippen LogP contribution is 2.42. The third-order valence-electron chi connectivity index (χ3n) is 5.96. The van der Waals surface area contributed by atoms with Crippen molar-refractivity contribution in [2.24, 2.45) is 11.3 Å². The Morgan fingerprint density at radius 2 is 2.04 bits per heavy atom. The zero-order chi connectivity index (χ0) is 16.6. The number of nitriles is 1. The van der Waals surface area contributed by atoms with Gasteiger partial charge < -0.3 is 4.90 Å². The van der Waals surface area contributed by atoms with Crippen LogP contribution >= 0.6 is 0 Å². The number of carbonyl (C=O) groups excluding carboxylic acids is 1. The topological polar surface area (TPSA) is 47.3 Å². The van der Waals surface area contributed by atoms with Crippen LogP contribution in [-0.4, -0.2) is 41.9 Å². The predicted octanol–water partition coefficient (Wildman–Crippen LogP) is 2.78. The normalized spacial score (nSPS) is 27.6. The molecule has 0 bridgehead atoms. The molecule has 0 unspecified atom stereocenters. The number of carbonyl (C=O) groups is 1. The second kappa shape index (κ2) is 6.22. The van der Waals surface area contributed by atoms with Gasteiger partial charge >= 0.3 is 0 Å². The monoisotopic (exact) mass is 323 g/mol. The Morgan fingerprint density at radius 1 is 1.21 bits per heavy atom. The Hall–Kier alpha value is -1.86. The molecule has 126 valence electrons. The maximum Gasteiger partial charge on any atom is 0.230 e. The molecular weight excluding hydrogens is 298 g/mol. The molecule has 1 aromatic carbocycles. The molecule has 1 aliphatic carbocycles. The fraction of sp³-hybridized carbons (Fsp3) is 0.600. The van der Waals surface area contributed by atoms with E-state index in [2.05, 4.69) is 15.9 Å². The van der Waals surface area contributed by atoms with Crippen LogP contribution in [0.4, 0.5) is 0 Å².